The highest BCUT2D eigenvalue weighted by atomic mass is 19.4. The van der Waals surface area contributed by atoms with Crippen LogP contribution in [0.3, 0.4) is 0 Å². The molecule has 0 bridgehead atoms. The van der Waals surface area contributed by atoms with Crippen LogP contribution in [0.4, 0.5) is 42.5 Å². The number of amides is 3. The van der Waals surface area contributed by atoms with E-state index < -0.39 is 47.6 Å². The molecule has 3 atom stereocenters. The van der Waals surface area contributed by atoms with E-state index in [1.54, 1.807) is 14.0 Å². The lowest BCUT2D eigenvalue weighted by Gasteiger charge is -2.38. The SMILES string of the molecule is C[C@@H]1CN([C@H](C)CO)C(=O)c2cc(NC(=O)Nc3ccc(C(F)(F)F)cc3)ccc2O[C@@H]1CN(C)Cc1ccc(C(F)(F)F)cc1. The molecule has 4 rings (SSSR count). The van der Waals surface area contributed by atoms with Crippen LogP contribution >= 0.6 is 0 Å². The summed E-state index contributed by atoms with van der Waals surface area (Å²) < 4.78 is 83.8. The summed E-state index contributed by atoms with van der Waals surface area (Å²) in [5, 5.41) is 14.9. The third-order valence-corrected chi connectivity index (χ3v) is 7.62. The molecule has 1 aliphatic rings. The molecule has 1 heterocycles. The lowest BCUT2D eigenvalue weighted by atomic mass is 9.99. The van der Waals surface area contributed by atoms with Gasteiger partial charge in [-0.1, -0.05) is 19.1 Å². The van der Waals surface area contributed by atoms with Crippen molar-refractivity contribution in [1.82, 2.24) is 9.80 Å². The first-order valence-corrected chi connectivity index (χ1v) is 14.4. The number of aliphatic hydroxyl groups is 1. The first-order chi connectivity index (χ1) is 21.5. The summed E-state index contributed by atoms with van der Waals surface area (Å²) in [7, 11) is 1.80. The van der Waals surface area contributed by atoms with E-state index in [1.807, 2.05) is 11.8 Å². The van der Waals surface area contributed by atoms with Crippen LogP contribution in [-0.2, 0) is 18.9 Å². The topological polar surface area (TPSA) is 94.1 Å². The van der Waals surface area contributed by atoms with E-state index in [1.165, 1.54) is 35.2 Å². The fourth-order valence-corrected chi connectivity index (χ4v) is 5.04. The van der Waals surface area contributed by atoms with E-state index in [-0.39, 0.29) is 41.8 Å². The van der Waals surface area contributed by atoms with Crippen molar-refractivity contribution in [3.8, 4) is 5.75 Å². The summed E-state index contributed by atoms with van der Waals surface area (Å²) in [4.78, 5) is 29.7. The van der Waals surface area contributed by atoms with Crippen molar-refractivity contribution >= 4 is 23.3 Å². The maximum Gasteiger partial charge on any atom is 0.416 e. The first kappa shape index (κ1) is 34.6. The van der Waals surface area contributed by atoms with Crippen LogP contribution in [0.1, 0.15) is 40.9 Å². The molecular weight excluding hydrogens is 618 g/mol. The van der Waals surface area contributed by atoms with Crippen molar-refractivity contribution in [2.45, 2.75) is 44.9 Å². The number of aliphatic hydroxyl groups excluding tert-OH is 1. The molecule has 46 heavy (non-hydrogen) atoms. The zero-order chi connectivity index (χ0) is 33.8. The van der Waals surface area contributed by atoms with Crippen LogP contribution in [0.25, 0.3) is 0 Å². The van der Waals surface area contributed by atoms with Crippen molar-refractivity contribution in [1.29, 1.82) is 0 Å². The molecule has 3 aromatic rings. The summed E-state index contributed by atoms with van der Waals surface area (Å²) in [5.41, 5.74) is -0.474. The van der Waals surface area contributed by atoms with Crippen molar-refractivity contribution in [3.05, 3.63) is 89.0 Å². The lowest BCUT2D eigenvalue weighted by Crippen LogP contribution is -2.49. The number of ether oxygens (including phenoxy) is 1. The Morgan fingerprint density at radius 3 is 2.07 bits per heavy atom. The van der Waals surface area contributed by atoms with Crippen molar-refractivity contribution < 1.29 is 45.8 Å². The van der Waals surface area contributed by atoms with Crippen LogP contribution in [0.2, 0.25) is 0 Å². The summed E-state index contributed by atoms with van der Waals surface area (Å²) in [6.07, 6.45) is -9.42. The fourth-order valence-electron chi connectivity index (χ4n) is 5.04. The second-order valence-electron chi connectivity index (χ2n) is 11.4. The number of likely N-dealkylation sites (N-methyl/N-ethyl adjacent to an activating group) is 1. The number of urea groups is 1. The molecule has 3 N–H and O–H groups in total. The van der Waals surface area contributed by atoms with E-state index in [4.69, 9.17) is 4.74 Å². The average Bonchev–Trinajstić information content (AvgIpc) is 2.98. The summed E-state index contributed by atoms with van der Waals surface area (Å²) in [6, 6.07) is 11.9. The first-order valence-electron chi connectivity index (χ1n) is 14.4. The Bertz CT molecular complexity index is 1510. The van der Waals surface area contributed by atoms with Gasteiger partial charge in [0.15, 0.2) is 0 Å². The Morgan fingerprint density at radius 1 is 0.957 bits per heavy atom. The Kier molecular flexibility index (Phi) is 10.5. The molecule has 0 saturated heterocycles. The minimum Gasteiger partial charge on any atom is -0.488 e. The molecule has 8 nitrogen and oxygen atoms in total. The zero-order valence-corrected chi connectivity index (χ0v) is 25.2. The molecule has 248 valence electrons. The van der Waals surface area contributed by atoms with Gasteiger partial charge in [0, 0.05) is 36.9 Å². The lowest BCUT2D eigenvalue weighted by molar-refractivity contribution is -0.138. The second-order valence-corrected chi connectivity index (χ2v) is 11.4. The van der Waals surface area contributed by atoms with Gasteiger partial charge in [-0.05, 0) is 74.1 Å². The molecule has 0 saturated carbocycles. The number of rotatable bonds is 8. The summed E-state index contributed by atoms with van der Waals surface area (Å²) in [5.74, 6) is -0.423. The smallest absolute Gasteiger partial charge is 0.416 e. The van der Waals surface area contributed by atoms with Gasteiger partial charge in [-0.15, -0.1) is 0 Å². The number of hydrogen-bond acceptors (Lipinski definition) is 5. The number of halogens is 6. The van der Waals surface area contributed by atoms with Crippen molar-refractivity contribution in [2.75, 3.05) is 37.4 Å². The van der Waals surface area contributed by atoms with Crippen LogP contribution in [-0.4, -0.2) is 65.7 Å². The molecule has 3 aromatic carbocycles. The molecule has 0 unspecified atom stereocenters. The van der Waals surface area contributed by atoms with E-state index in [0.717, 1.165) is 36.4 Å². The molecule has 0 radical (unpaired) electrons. The van der Waals surface area contributed by atoms with E-state index in [9.17, 15) is 41.0 Å². The number of hydrogen-bond donors (Lipinski definition) is 3. The Hall–Kier alpha value is -4.30. The summed E-state index contributed by atoms with van der Waals surface area (Å²) >= 11 is 0. The van der Waals surface area contributed by atoms with Crippen LogP contribution in [0.5, 0.6) is 5.75 Å². The van der Waals surface area contributed by atoms with E-state index >= 15 is 0 Å². The summed E-state index contributed by atoms with van der Waals surface area (Å²) in [6.45, 7) is 4.20. The zero-order valence-electron chi connectivity index (χ0n) is 25.2. The number of carbonyl (C=O) groups excluding carboxylic acids is 2. The molecule has 0 aliphatic carbocycles. The molecule has 0 spiro atoms. The number of alkyl halides is 6. The number of benzene rings is 3. The van der Waals surface area contributed by atoms with E-state index in [0.29, 0.717) is 18.7 Å². The molecule has 14 heteroatoms. The number of nitrogens with zero attached hydrogens (tertiary/aromatic N) is 2. The maximum atomic E-state index is 13.7. The number of fused-ring (bicyclic) bond motifs is 1. The Morgan fingerprint density at radius 2 is 1.50 bits per heavy atom. The normalized spacial score (nSPS) is 17.9. The van der Waals surface area contributed by atoms with Crippen LogP contribution < -0.4 is 15.4 Å². The van der Waals surface area contributed by atoms with Gasteiger partial charge in [0.05, 0.1) is 29.3 Å². The number of carbonyl (C=O) groups is 2. The van der Waals surface area contributed by atoms with Gasteiger partial charge in [0.1, 0.15) is 11.9 Å². The fraction of sp³-hybridized carbons (Fsp3) is 0.375. The quantitative estimate of drug-likeness (QED) is 0.235. The third kappa shape index (κ3) is 8.69. The maximum absolute atomic E-state index is 13.7. The van der Waals surface area contributed by atoms with E-state index in [2.05, 4.69) is 10.6 Å². The van der Waals surface area contributed by atoms with Crippen LogP contribution in [0.15, 0.2) is 66.7 Å². The molecule has 3 amide bonds. The predicted octanol–water partition coefficient (Wildman–Crippen LogP) is 6.72. The minimum absolute atomic E-state index is 0.120. The van der Waals surface area contributed by atoms with Crippen molar-refractivity contribution in [2.24, 2.45) is 5.92 Å². The van der Waals surface area contributed by atoms with Gasteiger partial charge in [-0.25, -0.2) is 4.79 Å². The van der Waals surface area contributed by atoms with Crippen LogP contribution in [0, 0.1) is 5.92 Å². The van der Waals surface area contributed by atoms with Gasteiger partial charge in [-0.2, -0.15) is 26.3 Å². The Labute approximate surface area is 261 Å². The number of nitrogens with one attached hydrogen (secondary N) is 2. The highest BCUT2D eigenvalue weighted by molar-refractivity contribution is 6.02. The third-order valence-electron chi connectivity index (χ3n) is 7.62. The van der Waals surface area contributed by atoms with Gasteiger partial charge >= 0.3 is 18.4 Å². The largest absolute Gasteiger partial charge is 0.488 e. The highest BCUT2D eigenvalue weighted by Crippen LogP contribution is 2.33. The Balaban J connectivity index is 1.51. The predicted molar refractivity (Wildman–Crippen MR) is 159 cm³/mol. The molecular formula is C32H34F6N4O4. The standard InChI is InChI=1S/C32H34F6N4O4/c1-19-15-42(20(2)18-43)29(44)26-14-25(40-30(45)39-24-10-8-23(9-11-24)32(36,37)38)12-13-27(26)46-28(19)17-41(3)16-21-4-6-22(7-5-21)31(33,34)35/h4-14,19-20,28,43H,15-18H2,1-3H3,(H2,39,40,45)/t19-,20-,28-/m1/s1. The van der Waals surface area contributed by atoms with Gasteiger partial charge in [0.25, 0.3) is 5.91 Å². The van der Waals surface area contributed by atoms with Gasteiger partial charge in [-0.3, -0.25) is 9.69 Å². The monoisotopic (exact) mass is 652 g/mol. The number of anilines is 2. The molecule has 0 fully saturated rings. The average molecular weight is 653 g/mol. The minimum atomic E-state index is -4.52. The van der Waals surface area contributed by atoms with Gasteiger partial charge < -0.3 is 25.4 Å². The molecule has 0 aromatic heterocycles. The molecule has 1 aliphatic heterocycles. The highest BCUT2D eigenvalue weighted by Gasteiger charge is 2.34. The van der Waals surface area contributed by atoms with Gasteiger partial charge in [0.2, 0.25) is 0 Å². The van der Waals surface area contributed by atoms with Crippen molar-refractivity contribution in [3.63, 3.8) is 0 Å². The second kappa shape index (κ2) is 14.0.